The molecule has 0 saturated carbocycles. The molecule has 5 heteroatoms. The van der Waals surface area contributed by atoms with E-state index in [1.54, 1.807) is 18.0 Å². The van der Waals surface area contributed by atoms with Crippen LogP contribution in [-0.4, -0.2) is 30.5 Å². The number of carbonyl (C=O) groups excluding carboxylic acids is 1. The molecule has 1 atom stereocenters. The van der Waals surface area contributed by atoms with Gasteiger partial charge in [0, 0.05) is 17.6 Å². The van der Waals surface area contributed by atoms with E-state index in [2.05, 4.69) is 15.9 Å². The molecule has 0 heterocycles. The van der Waals surface area contributed by atoms with Crippen molar-refractivity contribution >= 4 is 21.8 Å². The van der Waals surface area contributed by atoms with E-state index in [4.69, 9.17) is 4.74 Å². The minimum Gasteiger partial charge on any atom is -0.481 e. The fraction of sp³-hybridized carbons (Fsp3) is 0.462. The van der Waals surface area contributed by atoms with Crippen LogP contribution < -0.4 is 4.74 Å². The van der Waals surface area contributed by atoms with Crippen LogP contribution in [0.3, 0.4) is 0 Å². The minimum atomic E-state index is -0.483. The van der Waals surface area contributed by atoms with Gasteiger partial charge in [-0.3, -0.25) is 4.79 Å². The fourth-order valence-corrected chi connectivity index (χ4v) is 1.69. The average Bonchev–Trinajstić information content (AvgIpc) is 2.35. The zero-order valence-electron chi connectivity index (χ0n) is 10.7. The molecule has 0 radical (unpaired) electrons. The number of benzene rings is 1. The topological polar surface area (TPSA) is 29.5 Å². The number of nitrogens with zero attached hydrogens (tertiary/aromatic N) is 1. The van der Waals surface area contributed by atoms with Crippen LogP contribution in [0.5, 0.6) is 5.75 Å². The third-order valence-electron chi connectivity index (χ3n) is 2.89. The second-order valence-corrected chi connectivity index (χ2v) is 5.04. The highest BCUT2D eigenvalue weighted by Gasteiger charge is 2.15. The number of hydrogen-bond acceptors (Lipinski definition) is 2. The lowest BCUT2D eigenvalue weighted by Gasteiger charge is -2.23. The van der Waals surface area contributed by atoms with Gasteiger partial charge in [-0.2, -0.15) is 0 Å². The first-order valence-electron chi connectivity index (χ1n) is 5.79. The molecule has 0 spiro atoms. The van der Waals surface area contributed by atoms with Gasteiger partial charge >= 0.3 is 0 Å². The summed E-state index contributed by atoms with van der Waals surface area (Å²) in [6.07, 6.45) is 0.870. The second kappa shape index (κ2) is 6.73. The molecular formula is C13H17BrFNO2. The molecule has 18 heavy (non-hydrogen) atoms. The van der Waals surface area contributed by atoms with Crippen LogP contribution in [0, 0.1) is 5.82 Å². The number of amides is 1. The molecule has 0 aromatic heterocycles. The molecule has 1 unspecified atom stereocenters. The number of ether oxygens (including phenoxy) is 1. The Hall–Kier alpha value is -1.10. The lowest BCUT2D eigenvalue weighted by atomic mass is 10.2. The van der Waals surface area contributed by atoms with E-state index in [1.807, 2.05) is 13.8 Å². The molecule has 0 N–H and O–H groups in total. The second-order valence-electron chi connectivity index (χ2n) is 4.13. The molecule has 0 saturated heterocycles. The highest BCUT2D eigenvalue weighted by Crippen LogP contribution is 2.21. The van der Waals surface area contributed by atoms with Crippen LogP contribution in [0.25, 0.3) is 0 Å². The molecule has 0 fully saturated rings. The highest BCUT2D eigenvalue weighted by molar-refractivity contribution is 9.10. The predicted molar refractivity (Wildman–Crippen MR) is 72.1 cm³/mol. The predicted octanol–water partition coefficient (Wildman–Crippen LogP) is 3.22. The fourth-order valence-electron chi connectivity index (χ4n) is 1.35. The Labute approximate surface area is 115 Å². The van der Waals surface area contributed by atoms with E-state index in [-0.39, 0.29) is 24.3 Å². The molecule has 0 aliphatic heterocycles. The van der Waals surface area contributed by atoms with Crippen molar-refractivity contribution in [3.63, 3.8) is 0 Å². The number of carbonyl (C=O) groups is 1. The average molecular weight is 318 g/mol. The van der Waals surface area contributed by atoms with Crippen molar-refractivity contribution in [2.24, 2.45) is 0 Å². The number of rotatable bonds is 5. The van der Waals surface area contributed by atoms with Gasteiger partial charge in [-0.05, 0) is 31.5 Å². The Kier molecular flexibility index (Phi) is 5.59. The van der Waals surface area contributed by atoms with Crippen molar-refractivity contribution in [3.05, 3.63) is 28.5 Å². The summed E-state index contributed by atoms with van der Waals surface area (Å²) in [6, 6.07) is 4.62. The highest BCUT2D eigenvalue weighted by atomic mass is 79.9. The van der Waals surface area contributed by atoms with Crippen LogP contribution in [0.1, 0.15) is 20.3 Å². The van der Waals surface area contributed by atoms with Crippen molar-refractivity contribution in [1.82, 2.24) is 4.90 Å². The summed E-state index contributed by atoms with van der Waals surface area (Å²) < 4.78 is 19.3. The molecule has 0 bridgehead atoms. The third kappa shape index (κ3) is 3.98. The van der Waals surface area contributed by atoms with Crippen molar-refractivity contribution in [2.75, 3.05) is 13.7 Å². The maximum absolute atomic E-state index is 13.4. The first-order chi connectivity index (χ1) is 8.45. The Morgan fingerprint density at radius 3 is 2.78 bits per heavy atom. The van der Waals surface area contributed by atoms with E-state index in [1.165, 1.54) is 12.1 Å². The van der Waals surface area contributed by atoms with E-state index in [0.29, 0.717) is 4.47 Å². The molecule has 1 rings (SSSR count). The SMILES string of the molecule is CCC(C)N(C)C(=O)COc1ccc(Br)cc1F. The molecule has 1 aromatic carbocycles. The van der Waals surface area contributed by atoms with Gasteiger partial charge in [-0.15, -0.1) is 0 Å². The Morgan fingerprint density at radius 1 is 1.56 bits per heavy atom. The van der Waals surface area contributed by atoms with Gasteiger partial charge in [0.25, 0.3) is 5.91 Å². The van der Waals surface area contributed by atoms with E-state index in [0.717, 1.165) is 6.42 Å². The molecule has 0 aliphatic rings. The smallest absolute Gasteiger partial charge is 0.260 e. The monoisotopic (exact) mass is 317 g/mol. The van der Waals surface area contributed by atoms with Crippen molar-refractivity contribution in [2.45, 2.75) is 26.3 Å². The van der Waals surface area contributed by atoms with Gasteiger partial charge in [0.2, 0.25) is 0 Å². The molecule has 3 nitrogen and oxygen atoms in total. The lowest BCUT2D eigenvalue weighted by Crippen LogP contribution is -2.37. The number of halogens is 2. The van der Waals surface area contributed by atoms with Crippen LogP contribution in [-0.2, 0) is 4.79 Å². The summed E-state index contributed by atoms with van der Waals surface area (Å²) in [6.45, 7) is 3.81. The molecule has 0 aliphatic carbocycles. The van der Waals surface area contributed by atoms with Gasteiger partial charge in [0.05, 0.1) is 0 Å². The Morgan fingerprint density at radius 2 is 2.22 bits per heavy atom. The summed E-state index contributed by atoms with van der Waals surface area (Å²) in [7, 11) is 1.72. The summed E-state index contributed by atoms with van der Waals surface area (Å²) in [5.74, 6) is -0.556. The van der Waals surface area contributed by atoms with Crippen LogP contribution in [0.15, 0.2) is 22.7 Å². The normalized spacial score (nSPS) is 12.1. The zero-order valence-corrected chi connectivity index (χ0v) is 12.3. The van der Waals surface area contributed by atoms with Gasteiger partial charge in [0.15, 0.2) is 18.2 Å². The van der Waals surface area contributed by atoms with Crippen molar-refractivity contribution in [3.8, 4) is 5.75 Å². The summed E-state index contributed by atoms with van der Waals surface area (Å²) in [5.41, 5.74) is 0. The summed E-state index contributed by atoms with van der Waals surface area (Å²) >= 11 is 3.16. The molecule has 1 aromatic rings. The van der Waals surface area contributed by atoms with E-state index < -0.39 is 5.82 Å². The minimum absolute atomic E-state index is 0.0871. The maximum atomic E-state index is 13.4. The van der Waals surface area contributed by atoms with E-state index in [9.17, 15) is 9.18 Å². The third-order valence-corrected chi connectivity index (χ3v) is 3.38. The molecular weight excluding hydrogens is 301 g/mol. The van der Waals surface area contributed by atoms with Gasteiger partial charge < -0.3 is 9.64 Å². The zero-order chi connectivity index (χ0) is 13.7. The van der Waals surface area contributed by atoms with Crippen LogP contribution in [0.2, 0.25) is 0 Å². The summed E-state index contributed by atoms with van der Waals surface area (Å²) in [4.78, 5) is 13.4. The lowest BCUT2D eigenvalue weighted by molar-refractivity contribution is -0.133. The first-order valence-corrected chi connectivity index (χ1v) is 6.58. The number of likely N-dealkylation sites (N-methyl/N-ethyl adjacent to an activating group) is 1. The quantitative estimate of drug-likeness (QED) is 0.834. The largest absolute Gasteiger partial charge is 0.481 e. The Bertz CT molecular complexity index is 425. The van der Waals surface area contributed by atoms with E-state index >= 15 is 0 Å². The standard InChI is InChI=1S/C13H17BrFNO2/c1-4-9(2)16(3)13(17)8-18-12-6-5-10(14)7-11(12)15/h5-7,9H,4,8H2,1-3H3. The molecule has 100 valence electrons. The first kappa shape index (κ1) is 15.0. The molecule has 1 amide bonds. The van der Waals surface area contributed by atoms with Gasteiger partial charge in [0.1, 0.15) is 0 Å². The van der Waals surface area contributed by atoms with Crippen molar-refractivity contribution in [1.29, 1.82) is 0 Å². The van der Waals surface area contributed by atoms with Crippen LogP contribution >= 0.6 is 15.9 Å². The van der Waals surface area contributed by atoms with Crippen LogP contribution in [0.4, 0.5) is 4.39 Å². The maximum Gasteiger partial charge on any atom is 0.260 e. The summed E-state index contributed by atoms with van der Waals surface area (Å²) in [5, 5.41) is 0. The van der Waals surface area contributed by atoms with Crippen molar-refractivity contribution < 1.29 is 13.9 Å². The van der Waals surface area contributed by atoms with Gasteiger partial charge in [-0.25, -0.2) is 4.39 Å². The Balaban J connectivity index is 2.57. The van der Waals surface area contributed by atoms with Gasteiger partial charge in [-0.1, -0.05) is 22.9 Å². The number of hydrogen-bond donors (Lipinski definition) is 0.